The first-order chi connectivity index (χ1) is 14.3. The molecule has 0 saturated carbocycles. The van der Waals surface area contributed by atoms with Crippen LogP contribution in [0.4, 0.5) is 5.69 Å². The first kappa shape index (κ1) is 22.2. The van der Waals surface area contributed by atoms with Crippen LogP contribution in [0.25, 0.3) is 0 Å². The number of sulfonamides is 1. The van der Waals surface area contributed by atoms with E-state index in [0.29, 0.717) is 12.3 Å². The Morgan fingerprint density at radius 1 is 1.00 bits per heavy atom. The van der Waals surface area contributed by atoms with E-state index < -0.39 is 10.0 Å². The Morgan fingerprint density at radius 2 is 1.70 bits per heavy atom. The molecule has 0 aromatic heterocycles. The van der Waals surface area contributed by atoms with E-state index in [9.17, 15) is 13.2 Å². The number of halogens is 1. The zero-order chi connectivity index (χ0) is 21.6. The third-order valence-electron chi connectivity index (χ3n) is 4.19. The number of hydrogen-bond donors (Lipinski definition) is 2. The van der Waals surface area contributed by atoms with Gasteiger partial charge in [-0.25, -0.2) is 8.42 Å². The Labute approximate surface area is 185 Å². The molecule has 2 N–H and O–H groups in total. The van der Waals surface area contributed by atoms with Crippen LogP contribution in [0.5, 0.6) is 0 Å². The second kappa shape index (κ2) is 10.0. The van der Waals surface area contributed by atoms with E-state index in [2.05, 4.69) is 10.0 Å². The van der Waals surface area contributed by atoms with E-state index in [-0.39, 0.29) is 27.1 Å². The SMILES string of the molecule is Cc1ccc(SCCNC(=O)c2cc(NS(=O)(=O)c3ccccc3)ccc2Cl)cc1. The molecule has 0 radical (unpaired) electrons. The summed E-state index contributed by atoms with van der Waals surface area (Å²) in [5, 5.41) is 3.07. The zero-order valence-electron chi connectivity index (χ0n) is 16.3. The molecule has 0 aliphatic carbocycles. The Kier molecular flexibility index (Phi) is 7.42. The second-order valence-corrected chi connectivity index (χ2v) is 9.79. The maximum Gasteiger partial charge on any atom is 0.261 e. The fraction of sp³-hybridized carbons (Fsp3) is 0.136. The van der Waals surface area contributed by atoms with Crippen LogP contribution in [-0.2, 0) is 10.0 Å². The summed E-state index contributed by atoms with van der Waals surface area (Å²) in [5.74, 6) is 0.345. The molecule has 3 rings (SSSR count). The first-order valence-electron chi connectivity index (χ1n) is 9.20. The third-order valence-corrected chi connectivity index (χ3v) is 6.93. The number of anilines is 1. The van der Waals surface area contributed by atoms with Crippen molar-refractivity contribution in [2.24, 2.45) is 0 Å². The van der Waals surface area contributed by atoms with Gasteiger partial charge in [0.05, 0.1) is 15.5 Å². The molecule has 0 unspecified atom stereocenters. The number of carbonyl (C=O) groups excluding carboxylic acids is 1. The Balaban J connectivity index is 1.61. The number of nitrogens with one attached hydrogen (secondary N) is 2. The molecule has 0 atom stereocenters. The van der Waals surface area contributed by atoms with Crippen molar-refractivity contribution >= 4 is 45.0 Å². The van der Waals surface area contributed by atoms with E-state index in [1.807, 2.05) is 31.2 Å². The maximum absolute atomic E-state index is 12.5. The van der Waals surface area contributed by atoms with Gasteiger partial charge in [-0.3, -0.25) is 9.52 Å². The van der Waals surface area contributed by atoms with Crippen molar-refractivity contribution in [1.29, 1.82) is 0 Å². The topological polar surface area (TPSA) is 75.3 Å². The molecule has 0 bridgehead atoms. The highest BCUT2D eigenvalue weighted by molar-refractivity contribution is 7.99. The summed E-state index contributed by atoms with van der Waals surface area (Å²) < 4.78 is 27.5. The van der Waals surface area contributed by atoms with Crippen molar-refractivity contribution in [2.45, 2.75) is 16.7 Å². The average molecular weight is 461 g/mol. The minimum absolute atomic E-state index is 0.138. The fourth-order valence-corrected chi connectivity index (χ4v) is 4.68. The normalized spacial score (nSPS) is 11.1. The lowest BCUT2D eigenvalue weighted by molar-refractivity contribution is 0.0956. The Bertz CT molecular complexity index is 1120. The lowest BCUT2D eigenvalue weighted by Crippen LogP contribution is -2.26. The van der Waals surface area contributed by atoms with Crippen molar-refractivity contribution in [3.05, 3.63) is 88.9 Å². The van der Waals surface area contributed by atoms with Crippen molar-refractivity contribution < 1.29 is 13.2 Å². The third kappa shape index (κ3) is 6.01. The highest BCUT2D eigenvalue weighted by atomic mass is 35.5. The van der Waals surface area contributed by atoms with Gasteiger partial charge in [0.25, 0.3) is 15.9 Å². The van der Waals surface area contributed by atoms with Crippen molar-refractivity contribution in [1.82, 2.24) is 5.32 Å². The lowest BCUT2D eigenvalue weighted by atomic mass is 10.2. The van der Waals surface area contributed by atoms with Gasteiger partial charge in [-0.2, -0.15) is 0 Å². The van der Waals surface area contributed by atoms with Gasteiger partial charge in [0.2, 0.25) is 0 Å². The van der Waals surface area contributed by atoms with Crippen LogP contribution in [0.3, 0.4) is 0 Å². The molecular formula is C22H21ClN2O3S2. The van der Waals surface area contributed by atoms with Gasteiger partial charge < -0.3 is 5.32 Å². The largest absolute Gasteiger partial charge is 0.351 e. The van der Waals surface area contributed by atoms with E-state index >= 15 is 0 Å². The fourth-order valence-electron chi connectivity index (χ4n) is 2.64. The lowest BCUT2D eigenvalue weighted by Gasteiger charge is -2.11. The molecule has 8 heteroatoms. The summed E-state index contributed by atoms with van der Waals surface area (Å²) in [6.07, 6.45) is 0. The molecule has 0 heterocycles. The van der Waals surface area contributed by atoms with Gasteiger partial charge >= 0.3 is 0 Å². The molecule has 30 heavy (non-hydrogen) atoms. The van der Waals surface area contributed by atoms with Crippen LogP contribution < -0.4 is 10.0 Å². The number of rotatable bonds is 8. The number of benzene rings is 3. The number of carbonyl (C=O) groups is 1. The first-order valence-corrected chi connectivity index (χ1v) is 12.0. The summed E-state index contributed by atoms with van der Waals surface area (Å²) in [7, 11) is -3.75. The Morgan fingerprint density at radius 3 is 2.40 bits per heavy atom. The van der Waals surface area contributed by atoms with Gasteiger partial charge in [-0.05, 0) is 49.4 Å². The van der Waals surface area contributed by atoms with Gasteiger partial charge in [-0.15, -0.1) is 11.8 Å². The summed E-state index contributed by atoms with van der Waals surface area (Å²) in [4.78, 5) is 13.8. The van der Waals surface area contributed by atoms with Crippen LogP contribution in [-0.4, -0.2) is 26.6 Å². The Hall–Kier alpha value is -2.48. The predicted octanol–water partition coefficient (Wildman–Crippen LogP) is 4.97. The molecule has 0 aliphatic rings. The minimum atomic E-state index is -3.75. The van der Waals surface area contributed by atoms with Crippen molar-refractivity contribution in [3.8, 4) is 0 Å². The quantitative estimate of drug-likeness (QED) is 0.367. The highest BCUT2D eigenvalue weighted by Crippen LogP contribution is 2.23. The molecule has 5 nitrogen and oxygen atoms in total. The zero-order valence-corrected chi connectivity index (χ0v) is 18.7. The second-order valence-electron chi connectivity index (χ2n) is 6.53. The summed E-state index contributed by atoms with van der Waals surface area (Å²) >= 11 is 7.80. The van der Waals surface area contributed by atoms with Crippen LogP contribution in [0, 0.1) is 6.92 Å². The molecule has 156 valence electrons. The smallest absolute Gasteiger partial charge is 0.261 e. The van der Waals surface area contributed by atoms with Crippen LogP contribution in [0.2, 0.25) is 5.02 Å². The van der Waals surface area contributed by atoms with E-state index in [1.54, 1.807) is 30.0 Å². The minimum Gasteiger partial charge on any atom is -0.351 e. The van der Waals surface area contributed by atoms with Gasteiger partial charge in [0.1, 0.15) is 0 Å². The summed E-state index contributed by atoms with van der Waals surface area (Å²) in [5.41, 5.74) is 1.68. The molecule has 0 spiro atoms. The van der Waals surface area contributed by atoms with Crippen LogP contribution in [0.15, 0.2) is 82.6 Å². The molecular weight excluding hydrogens is 440 g/mol. The van der Waals surface area contributed by atoms with Crippen LogP contribution >= 0.6 is 23.4 Å². The predicted molar refractivity (Wildman–Crippen MR) is 123 cm³/mol. The average Bonchev–Trinajstić information content (AvgIpc) is 2.74. The molecule has 3 aromatic rings. The number of aryl methyl sites for hydroxylation is 1. The summed E-state index contributed by atoms with van der Waals surface area (Å²) in [6.45, 7) is 2.49. The maximum atomic E-state index is 12.5. The number of amides is 1. The van der Waals surface area contributed by atoms with Crippen molar-refractivity contribution in [2.75, 3.05) is 17.0 Å². The van der Waals surface area contributed by atoms with Gasteiger partial charge in [-0.1, -0.05) is 47.5 Å². The molecule has 0 fully saturated rings. The molecule has 3 aromatic carbocycles. The standard InChI is InChI=1S/C22H21ClN2O3S2/c1-16-7-10-18(11-8-16)29-14-13-24-22(26)20-15-17(9-12-21(20)23)25-30(27,28)19-5-3-2-4-6-19/h2-12,15,25H,13-14H2,1H3,(H,24,26). The van der Waals surface area contributed by atoms with Crippen molar-refractivity contribution in [3.63, 3.8) is 0 Å². The van der Waals surface area contributed by atoms with E-state index in [0.717, 1.165) is 4.90 Å². The molecule has 0 saturated heterocycles. The number of hydrogen-bond acceptors (Lipinski definition) is 4. The van der Waals surface area contributed by atoms with Gasteiger partial charge in [0, 0.05) is 22.9 Å². The van der Waals surface area contributed by atoms with E-state index in [1.165, 1.54) is 35.9 Å². The van der Waals surface area contributed by atoms with Crippen LogP contribution in [0.1, 0.15) is 15.9 Å². The van der Waals surface area contributed by atoms with Gasteiger partial charge in [0.15, 0.2) is 0 Å². The monoisotopic (exact) mass is 460 g/mol. The number of thioether (sulfide) groups is 1. The molecule has 1 amide bonds. The summed E-state index contributed by atoms with van der Waals surface area (Å²) in [6, 6.07) is 20.6. The highest BCUT2D eigenvalue weighted by Gasteiger charge is 2.16. The van der Waals surface area contributed by atoms with E-state index in [4.69, 9.17) is 11.6 Å². The molecule has 0 aliphatic heterocycles.